The van der Waals surface area contributed by atoms with Gasteiger partial charge in [-0.15, -0.1) is 11.3 Å². The van der Waals surface area contributed by atoms with Gasteiger partial charge in [-0.05, 0) is 29.8 Å². The molecule has 0 aliphatic rings. The number of hydrogen-bond acceptors (Lipinski definition) is 4. The Bertz CT molecular complexity index is 865. The standard InChI is InChI=1S/C14H11ClF5NO3S2/c15-11-1-2-12(25-11)26(23,24)21-10(6-22)13(14(18,19)20)7-3-8(16)5-9(17)4-7/h1-5,10,13,21-22H,6H2. The van der Waals surface area contributed by atoms with E-state index >= 15 is 0 Å². The first-order valence-electron chi connectivity index (χ1n) is 6.85. The van der Waals surface area contributed by atoms with Crippen LogP contribution in [0.5, 0.6) is 0 Å². The lowest BCUT2D eigenvalue weighted by Crippen LogP contribution is -2.46. The molecule has 0 aliphatic carbocycles. The van der Waals surface area contributed by atoms with Crippen molar-refractivity contribution >= 4 is 33.0 Å². The third-order valence-corrected chi connectivity index (χ3v) is 6.53. The monoisotopic (exact) mass is 435 g/mol. The molecule has 1 aromatic carbocycles. The molecular weight excluding hydrogens is 425 g/mol. The summed E-state index contributed by atoms with van der Waals surface area (Å²) in [6, 6.07) is 1.44. The molecule has 0 fully saturated rings. The summed E-state index contributed by atoms with van der Waals surface area (Å²) in [4.78, 5) is 0. The summed E-state index contributed by atoms with van der Waals surface area (Å²) in [5.74, 6) is -5.21. The second kappa shape index (κ2) is 7.77. The molecule has 26 heavy (non-hydrogen) atoms. The van der Waals surface area contributed by atoms with E-state index in [2.05, 4.69) is 0 Å². The Morgan fingerprint density at radius 2 is 1.73 bits per heavy atom. The fourth-order valence-corrected chi connectivity index (χ4v) is 5.05. The SMILES string of the molecule is O=S(=O)(NC(CO)C(c1cc(F)cc(F)c1)C(F)(F)F)c1ccc(Cl)s1. The maximum absolute atomic E-state index is 13.5. The zero-order valence-electron chi connectivity index (χ0n) is 12.6. The highest BCUT2D eigenvalue weighted by Crippen LogP contribution is 2.38. The van der Waals surface area contributed by atoms with Gasteiger partial charge in [-0.2, -0.15) is 13.2 Å². The molecule has 2 N–H and O–H groups in total. The van der Waals surface area contributed by atoms with Crippen molar-refractivity contribution in [1.29, 1.82) is 0 Å². The van der Waals surface area contributed by atoms with E-state index in [9.17, 15) is 35.5 Å². The van der Waals surface area contributed by atoms with Gasteiger partial charge < -0.3 is 5.11 Å². The van der Waals surface area contributed by atoms with Crippen molar-refractivity contribution in [2.24, 2.45) is 0 Å². The van der Waals surface area contributed by atoms with Crippen molar-refractivity contribution in [3.8, 4) is 0 Å². The molecule has 0 radical (unpaired) electrons. The van der Waals surface area contributed by atoms with Gasteiger partial charge in [0.1, 0.15) is 15.8 Å². The number of benzene rings is 1. The lowest BCUT2D eigenvalue weighted by molar-refractivity contribution is -0.158. The zero-order valence-corrected chi connectivity index (χ0v) is 15.0. The molecule has 2 aromatic rings. The van der Waals surface area contributed by atoms with Gasteiger partial charge in [0.15, 0.2) is 0 Å². The first-order valence-corrected chi connectivity index (χ1v) is 9.53. The molecule has 0 bridgehead atoms. The summed E-state index contributed by atoms with van der Waals surface area (Å²) in [7, 11) is -4.45. The van der Waals surface area contributed by atoms with E-state index in [4.69, 9.17) is 11.6 Å². The van der Waals surface area contributed by atoms with Crippen LogP contribution in [0.4, 0.5) is 22.0 Å². The Kier molecular flexibility index (Phi) is 6.28. The number of sulfonamides is 1. The Balaban J connectivity index is 2.45. The minimum Gasteiger partial charge on any atom is -0.395 e. The number of nitrogens with one attached hydrogen (secondary N) is 1. The molecule has 12 heteroatoms. The van der Waals surface area contributed by atoms with Crippen molar-refractivity contribution < 1.29 is 35.5 Å². The smallest absolute Gasteiger partial charge is 0.395 e. The van der Waals surface area contributed by atoms with Gasteiger partial charge in [-0.25, -0.2) is 21.9 Å². The molecule has 2 unspecified atom stereocenters. The average Bonchev–Trinajstić information content (AvgIpc) is 2.91. The van der Waals surface area contributed by atoms with E-state index in [1.54, 1.807) is 4.72 Å². The van der Waals surface area contributed by atoms with E-state index in [1.807, 2.05) is 0 Å². The quantitative estimate of drug-likeness (QED) is 0.680. The molecule has 1 aromatic heterocycles. The van der Waals surface area contributed by atoms with Crippen molar-refractivity contribution in [2.75, 3.05) is 6.61 Å². The second-order valence-electron chi connectivity index (χ2n) is 5.19. The molecule has 0 spiro atoms. The highest BCUT2D eigenvalue weighted by molar-refractivity contribution is 7.91. The molecule has 2 atom stereocenters. The van der Waals surface area contributed by atoms with Gasteiger partial charge in [-0.1, -0.05) is 11.6 Å². The van der Waals surface area contributed by atoms with Crippen LogP contribution in [0.2, 0.25) is 4.34 Å². The minimum atomic E-state index is -5.09. The molecule has 0 amide bonds. The number of thiophene rings is 1. The average molecular weight is 436 g/mol. The Morgan fingerprint density at radius 1 is 1.15 bits per heavy atom. The lowest BCUT2D eigenvalue weighted by Gasteiger charge is -2.28. The summed E-state index contributed by atoms with van der Waals surface area (Å²) in [5, 5.41) is 9.34. The number of alkyl halides is 3. The molecule has 0 saturated heterocycles. The summed E-state index contributed by atoms with van der Waals surface area (Å²) >= 11 is 6.22. The van der Waals surface area contributed by atoms with Gasteiger partial charge in [0.2, 0.25) is 10.0 Å². The van der Waals surface area contributed by atoms with Gasteiger partial charge in [-0.3, -0.25) is 0 Å². The van der Waals surface area contributed by atoms with Gasteiger partial charge in [0, 0.05) is 6.07 Å². The van der Waals surface area contributed by atoms with E-state index in [1.165, 1.54) is 6.07 Å². The van der Waals surface area contributed by atoms with Crippen LogP contribution >= 0.6 is 22.9 Å². The molecule has 2 rings (SSSR count). The van der Waals surface area contributed by atoms with Crippen molar-refractivity contribution in [3.63, 3.8) is 0 Å². The number of aliphatic hydroxyl groups is 1. The Hall–Kier alpha value is -1.27. The van der Waals surface area contributed by atoms with E-state index < -0.39 is 52.0 Å². The zero-order chi connectivity index (χ0) is 19.7. The molecular formula is C14H11ClF5NO3S2. The fourth-order valence-electron chi connectivity index (χ4n) is 2.31. The van der Waals surface area contributed by atoms with Crippen LogP contribution in [0, 0.1) is 11.6 Å². The van der Waals surface area contributed by atoms with Crippen LogP contribution < -0.4 is 4.72 Å². The highest BCUT2D eigenvalue weighted by Gasteiger charge is 2.47. The molecule has 0 saturated carbocycles. The summed E-state index contributed by atoms with van der Waals surface area (Å²) < 4.78 is 93.0. The molecule has 1 heterocycles. The third kappa shape index (κ3) is 4.92. The highest BCUT2D eigenvalue weighted by atomic mass is 35.5. The van der Waals surface area contributed by atoms with Crippen LogP contribution in [0.1, 0.15) is 11.5 Å². The van der Waals surface area contributed by atoms with Crippen LogP contribution in [0.15, 0.2) is 34.5 Å². The number of halogens is 6. The summed E-state index contributed by atoms with van der Waals surface area (Å²) in [6.45, 7) is -1.26. The summed E-state index contributed by atoms with van der Waals surface area (Å²) in [5.41, 5.74) is -0.860. The van der Waals surface area contributed by atoms with Crippen LogP contribution in [0.3, 0.4) is 0 Å². The van der Waals surface area contributed by atoms with Crippen LogP contribution in [0.25, 0.3) is 0 Å². The van der Waals surface area contributed by atoms with Crippen molar-refractivity contribution in [1.82, 2.24) is 4.72 Å². The maximum atomic E-state index is 13.5. The van der Waals surface area contributed by atoms with Gasteiger partial charge >= 0.3 is 6.18 Å². The number of hydrogen-bond donors (Lipinski definition) is 2. The van der Waals surface area contributed by atoms with E-state index in [-0.39, 0.29) is 8.55 Å². The molecule has 144 valence electrons. The molecule has 4 nitrogen and oxygen atoms in total. The number of rotatable bonds is 6. The molecule has 0 aliphatic heterocycles. The minimum absolute atomic E-state index is 0.0884. The fraction of sp³-hybridized carbons (Fsp3) is 0.286. The normalized spacial score (nSPS) is 15.0. The predicted molar refractivity (Wildman–Crippen MR) is 85.7 cm³/mol. The van der Waals surface area contributed by atoms with E-state index in [0.29, 0.717) is 29.5 Å². The first kappa shape index (κ1) is 21.0. The predicted octanol–water partition coefficient (Wildman–Crippen LogP) is 3.67. The van der Waals surface area contributed by atoms with Gasteiger partial charge in [0.05, 0.1) is 22.9 Å². The van der Waals surface area contributed by atoms with E-state index in [0.717, 1.165) is 6.07 Å². The number of aliphatic hydroxyl groups excluding tert-OH is 1. The largest absolute Gasteiger partial charge is 0.397 e. The van der Waals surface area contributed by atoms with Gasteiger partial charge in [0.25, 0.3) is 0 Å². The topological polar surface area (TPSA) is 66.4 Å². The second-order valence-corrected chi connectivity index (χ2v) is 8.85. The lowest BCUT2D eigenvalue weighted by atomic mass is 9.91. The van der Waals surface area contributed by atoms with Crippen molar-refractivity contribution in [2.45, 2.75) is 22.3 Å². The maximum Gasteiger partial charge on any atom is 0.397 e. The third-order valence-electron chi connectivity index (χ3n) is 3.32. The Morgan fingerprint density at radius 3 is 2.15 bits per heavy atom. The van der Waals surface area contributed by atoms with Crippen molar-refractivity contribution in [3.05, 3.63) is 51.9 Å². The Labute approximate surface area is 154 Å². The van der Waals surface area contributed by atoms with Crippen LogP contribution in [-0.4, -0.2) is 32.3 Å². The summed E-state index contributed by atoms with van der Waals surface area (Å²) in [6.07, 6.45) is -5.09. The first-order chi connectivity index (χ1) is 11.9. The van der Waals surface area contributed by atoms with Crippen LogP contribution in [-0.2, 0) is 10.0 Å².